The van der Waals surface area contributed by atoms with Gasteiger partial charge in [0.05, 0.1) is 17.0 Å². The minimum Gasteiger partial charge on any atom is -0.293 e. The standard InChI is InChI=1S/C16H17N7/c1-22-14(2-4-20-22)10-23-5-3-15-13(9-23)8-19-16(21-15)12-6-17-11-18-7-12/h2,4,6-8,11H,3,5,9-10H2,1H3. The Morgan fingerprint density at radius 2 is 2.04 bits per heavy atom. The van der Waals surface area contributed by atoms with Crippen molar-refractivity contribution in [3.8, 4) is 11.4 Å². The second-order valence-electron chi connectivity index (χ2n) is 5.70. The molecule has 3 aromatic heterocycles. The lowest BCUT2D eigenvalue weighted by molar-refractivity contribution is 0.236. The normalized spacial score (nSPS) is 14.7. The van der Waals surface area contributed by atoms with E-state index in [1.54, 1.807) is 12.4 Å². The molecule has 4 rings (SSSR count). The SMILES string of the molecule is Cn1nccc1CN1CCc2nc(-c3cncnc3)ncc2C1. The molecule has 0 N–H and O–H groups in total. The number of fused-ring (bicyclic) bond motifs is 1. The molecule has 0 aromatic carbocycles. The Morgan fingerprint density at radius 1 is 1.17 bits per heavy atom. The van der Waals surface area contributed by atoms with Gasteiger partial charge in [0, 0.05) is 63.5 Å². The van der Waals surface area contributed by atoms with Crippen molar-refractivity contribution in [3.05, 3.63) is 54.1 Å². The van der Waals surface area contributed by atoms with Crippen LogP contribution in [-0.2, 0) is 26.6 Å². The number of rotatable bonds is 3. The highest BCUT2D eigenvalue weighted by Gasteiger charge is 2.19. The third-order valence-corrected chi connectivity index (χ3v) is 4.14. The van der Waals surface area contributed by atoms with E-state index in [2.05, 4.69) is 31.0 Å². The molecule has 7 heteroatoms. The van der Waals surface area contributed by atoms with Crippen LogP contribution in [0, 0.1) is 0 Å². The topological polar surface area (TPSA) is 72.6 Å². The molecule has 0 amide bonds. The zero-order valence-electron chi connectivity index (χ0n) is 12.9. The van der Waals surface area contributed by atoms with Crippen LogP contribution in [0.2, 0.25) is 0 Å². The second-order valence-corrected chi connectivity index (χ2v) is 5.70. The van der Waals surface area contributed by atoms with E-state index in [9.17, 15) is 0 Å². The van der Waals surface area contributed by atoms with Crippen LogP contribution in [0.1, 0.15) is 17.0 Å². The Morgan fingerprint density at radius 3 is 2.83 bits per heavy atom. The molecular formula is C16H17N7. The molecule has 0 fully saturated rings. The molecule has 0 unspecified atom stereocenters. The van der Waals surface area contributed by atoms with Gasteiger partial charge >= 0.3 is 0 Å². The molecule has 0 bridgehead atoms. The summed E-state index contributed by atoms with van der Waals surface area (Å²) in [6.45, 7) is 2.75. The molecular weight excluding hydrogens is 290 g/mol. The zero-order chi connectivity index (χ0) is 15.6. The van der Waals surface area contributed by atoms with Crippen LogP contribution in [0.25, 0.3) is 11.4 Å². The fourth-order valence-corrected chi connectivity index (χ4v) is 2.85. The van der Waals surface area contributed by atoms with Crippen LogP contribution in [0.4, 0.5) is 0 Å². The Hall–Kier alpha value is -2.67. The molecule has 3 aromatic rings. The van der Waals surface area contributed by atoms with Crippen LogP contribution >= 0.6 is 0 Å². The molecule has 0 saturated carbocycles. The van der Waals surface area contributed by atoms with Crippen LogP contribution in [0.15, 0.2) is 37.2 Å². The fraction of sp³-hybridized carbons (Fsp3) is 0.312. The van der Waals surface area contributed by atoms with Crippen molar-refractivity contribution < 1.29 is 0 Å². The quantitative estimate of drug-likeness (QED) is 0.724. The van der Waals surface area contributed by atoms with E-state index in [0.717, 1.165) is 37.3 Å². The van der Waals surface area contributed by atoms with Crippen LogP contribution < -0.4 is 0 Å². The third kappa shape index (κ3) is 2.83. The predicted molar refractivity (Wildman–Crippen MR) is 84.1 cm³/mol. The molecule has 7 nitrogen and oxygen atoms in total. The highest BCUT2D eigenvalue weighted by Crippen LogP contribution is 2.21. The Kier molecular flexibility index (Phi) is 3.55. The van der Waals surface area contributed by atoms with E-state index in [0.29, 0.717) is 5.82 Å². The van der Waals surface area contributed by atoms with Gasteiger partial charge in [-0.25, -0.2) is 19.9 Å². The first-order valence-electron chi connectivity index (χ1n) is 7.59. The summed E-state index contributed by atoms with van der Waals surface area (Å²) in [7, 11) is 1.98. The van der Waals surface area contributed by atoms with Gasteiger partial charge in [0.25, 0.3) is 0 Å². The fourth-order valence-electron chi connectivity index (χ4n) is 2.85. The summed E-state index contributed by atoms with van der Waals surface area (Å²) in [5, 5.41) is 4.23. The van der Waals surface area contributed by atoms with Gasteiger partial charge in [0.1, 0.15) is 6.33 Å². The predicted octanol–water partition coefficient (Wildman–Crippen LogP) is 1.23. The minimum absolute atomic E-state index is 0.699. The molecule has 0 saturated heterocycles. The minimum atomic E-state index is 0.699. The molecule has 0 aliphatic carbocycles. The van der Waals surface area contributed by atoms with Crippen molar-refractivity contribution in [1.82, 2.24) is 34.6 Å². The smallest absolute Gasteiger partial charge is 0.162 e. The molecule has 23 heavy (non-hydrogen) atoms. The zero-order valence-corrected chi connectivity index (χ0v) is 12.9. The highest BCUT2D eigenvalue weighted by molar-refractivity contribution is 5.52. The summed E-state index contributed by atoms with van der Waals surface area (Å²) in [4.78, 5) is 19.6. The van der Waals surface area contributed by atoms with Crippen molar-refractivity contribution in [2.24, 2.45) is 7.05 Å². The summed E-state index contributed by atoms with van der Waals surface area (Å²) in [6, 6.07) is 2.06. The van der Waals surface area contributed by atoms with Gasteiger partial charge in [-0.2, -0.15) is 5.10 Å². The van der Waals surface area contributed by atoms with Crippen LogP contribution in [0.3, 0.4) is 0 Å². The lowest BCUT2D eigenvalue weighted by Crippen LogP contribution is -2.31. The van der Waals surface area contributed by atoms with Crippen molar-refractivity contribution in [2.45, 2.75) is 19.5 Å². The molecule has 4 heterocycles. The van der Waals surface area contributed by atoms with Gasteiger partial charge in [-0.3, -0.25) is 9.58 Å². The Bertz CT molecular complexity index is 812. The lowest BCUT2D eigenvalue weighted by atomic mass is 10.1. The second kappa shape index (κ2) is 5.85. The number of hydrogen-bond donors (Lipinski definition) is 0. The van der Waals surface area contributed by atoms with Gasteiger partial charge < -0.3 is 0 Å². The first kappa shape index (κ1) is 14.0. The molecule has 0 radical (unpaired) electrons. The van der Waals surface area contributed by atoms with E-state index < -0.39 is 0 Å². The maximum atomic E-state index is 4.70. The number of hydrogen-bond acceptors (Lipinski definition) is 6. The summed E-state index contributed by atoms with van der Waals surface area (Å²) in [6.07, 6.45) is 9.69. The molecule has 1 aliphatic heterocycles. The van der Waals surface area contributed by atoms with Gasteiger partial charge in [-0.1, -0.05) is 0 Å². The number of nitrogens with zero attached hydrogens (tertiary/aromatic N) is 7. The maximum absolute atomic E-state index is 4.70. The van der Waals surface area contributed by atoms with E-state index in [-0.39, 0.29) is 0 Å². The van der Waals surface area contributed by atoms with Gasteiger partial charge in [-0.05, 0) is 6.07 Å². The molecule has 0 spiro atoms. The summed E-state index contributed by atoms with van der Waals surface area (Å²) >= 11 is 0. The van der Waals surface area contributed by atoms with Crippen molar-refractivity contribution >= 4 is 0 Å². The Balaban J connectivity index is 1.53. The first-order chi connectivity index (χ1) is 11.3. The maximum Gasteiger partial charge on any atom is 0.162 e. The molecule has 0 atom stereocenters. The highest BCUT2D eigenvalue weighted by atomic mass is 15.3. The average molecular weight is 307 g/mol. The van der Waals surface area contributed by atoms with Gasteiger partial charge in [-0.15, -0.1) is 0 Å². The largest absolute Gasteiger partial charge is 0.293 e. The van der Waals surface area contributed by atoms with Crippen molar-refractivity contribution in [1.29, 1.82) is 0 Å². The summed E-state index contributed by atoms with van der Waals surface area (Å²) in [5.41, 5.74) is 4.39. The van der Waals surface area contributed by atoms with Crippen LogP contribution in [0.5, 0.6) is 0 Å². The Labute approximate surface area is 134 Å². The van der Waals surface area contributed by atoms with E-state index in [1.165, 1.54) is 17.6 Å². The van der Waals surface area contributed by atoms with Crippen LogP contribution in [-0.4, -0.2) is 41.2 Å². The summed E-state index contributed by atoms with van der Waals surface area (Å²) in [5.74, 6) is 0.699. The van der Waals surface area contributed by atoms with Gasteiger partial charge in [0.15, 0.2) is 5.82 Å². The van der Waals surface area contributed by atoms with E-state index >= 15 is 0 Å². The van der Waals surface area contributed by atoms with E-state index in [1.807, 2.05) is 24.1 Å². The monoisotopic (exact) mass is 307 g/mol. The van der Waals surface area contributed by atoms with Gasteiger partial charge in [0.2, 0.25) is 0 Å². The van der Waals surface area contributed by atoms with Crippen molar-refractivity contribution in [3.63, 3.8) is 0 Å². The van der Waals surface area contributed by atoms with Crippen molar-refractivity contribution in [2.75, 3.05) is 6.54 Å². The number of aromatic nitrogens is 6. The average Bonchev–Trinajstić information content (AvgIpc) is 3.00. The molecule has 1 aliphatic rings. The molecule has 116 valence electrons. The first-order valence-corrected chi connectivity index (χ1v) is 7.59. The lowest BCUT2D eigenvalue weighted by Gasteiger charge is -2.27. The van der Waals surface area contributed by atoms with E-state index in [4.69, 9.17) is 4.98 Å². The number of aryl methyl sites for hydroxylation is 1. The summed E-state index contributed by atoms with van der Waals surface area (Å²) < 4.78 is 1.92. The third-order valence-electron chi connectivity index (χ3n) is 4.14.